The Bertz CT molecular complexity index is 193. The Hall–Kier alpha value is 0.520. The van der Waals surface area contributed by atoms with Crippen LogP contribution >= 0.6 is 61.2 Å². The largest absolute Gasteiger partial charge is 1.00 e. The van der Waals surface area contributed by atoms with Crippen molar-refractivity contribution in [2.45, 2.75) is 34.6 Å². The highest BCUT2D eigenvalue weighted by Crippen LogP contribution is 1.89. The van der Waals surface area contributed by atoms with Gasteiger partial charge in [-0.3, -0.25) is 14.0 Å². The SMILES string of the molecule is C.CC(=O)C[18F].CCC(=O)O.CC[18F].I.II.O=C(O)C[18F].[18F-]. The molecule has 0 aromatic rings. The van der Waals surface area contributed by atoms with Crippen LogP contribution < -0.4 is 4.70 Å². The summed E-state index contributed by atoms with van der Waals surface area (Å²) in [6, 6.07) is 0. The van der Waals surface area contributed by atoms with Gasteiger partial charge in [0.15, 0.2) is 12.5 Å². The predicted molar refractivity (Wildman–Crippen MR) is 110 cm³/mol. The number of ketones is 1. The van der Waals surface area contributed by atoms with Crippen LogP contribution in [0.1, 0.15) is 34.6 Å². The lowest BCUT2D eigenvalue weighted by atomic mass is 10.5. The minimum absolute atomic E-state index is 0. The van der Waals surface area contributed by atoms with Crippen molar-refractivity contribution in [3.63, 3.8) is 0 Å². The fraction of sp³-hybridized carbons (Fsp3) is 0.727. The highest BCUT2D eigenvalue weighted by atomic mass is 128. The molecule has 0 radical (unpaired) electrons. The standard InChI is InChI=1S/C3H5FO.C3H6O2.C2H3FO2.C2H5F.CH4.FH.I2.HI/c1-3(5)2-4;1-2-3(4)5;3-1-2(4)5;1-2-3;;;1-2;/h2H2,1H3;2H2,1H3,(H,4,5);1H2,(H,4,5);2H2,1H3;1H4;1H;;1H/p-1/i4-1;;2*3-1;;1-1;;. The Balaban J connectivity index is -0.0000000204. The Morgan fingerprint density at radius 2 is 1.04 bits per heavy atom. The molecule has 23 heavy (non-hydrogen) atoms. The van der Waals surface area contributed by atoms with E-state index in [1.54, 1.807) is 6.92 Å². The van der Waals surface area contributed by atoms with Gasteiger partial charge in [0.05, 0.1) is 6.67 Å². The van der Waals surface area contributed by atoms with Crippen LogP contribution in [0.2, 0.25) is 0 Å². The molecular formula is C11H24F4I3O5-. The first kappa shape index (κ1) is 49.5. The van der Waals surface area contributed by atoms with E-state index in [-0.39, 0.29) is 49.2 Å². The third-order valence-corrected chi connectivity index (χ3v) is 0.605. The van der Waals surface area contributed by atoms with E-state index in [2.05, 4.69) is 37.2 Å². The summed E-state index contributed by atoms with van der Waals surface area (Å²) in [5.41, 5.74) is 0. The van der Waals surface area contributed by atoms with Gasteiger partial charge in [-0.1, -0.05) is 14.4 Å². The van der Waals surface area contributed by atoms with Gasteiger partial charge in [-0.05, 0) is 13.8 Å². The summed E-state index contributed by atoms with van der Waals surface area (Å²) in [6.07, 6.45) is 0.222. The van der Waals surface area contributed by atoms with Crippen LogP contribution in [-0.2, 0) is 14.4 Å². The van der Waals surface area contributed by atoms with Crippen LogP contribution in [-0.4, -0.2) is 48.0 Å². The Morgan fingerprint density at radius 3 is 1.04 bits per heavy atom. The highest BCUT2D eigenvalue weighted by molar-refractivity contribution is 15.0. The molecule has 0 rings (SSSR count). The molecule has 0 heterocycles. The molecule has 148 valence electrons. The van der Waals surface area contributed by atoms with E-state index in [9.17, 15) is 22.8 Å². The molecule has 0 aromatic heterocycles. The topological polar surface area (TPSA) is 91.7 Å². The average molecular weight is 689 g/mol. The van der Waals surface area contributed by atoms with E-state index in [0.29, 0.717) is 0 Å². The molecule has 0 fully saturated rings. The lowest BCUT2D eigenvalue weighted by Gasteiger charge is -1.71. The van der Waals surface area contributed by atoms with Gasteiger partial charge < -0.3 is 14.9 Å². The number of carboxylic acid groups (broad SMARTS) is 2. The van der Waals surface area contributed by atoms with Crippen molar-refractivity contribution in [3.05, 3.63) is 0 Å². The highest BCUT2D eigenvalue weighted by Gasteiger charge is 1.85. The normalized spacial score (nSPS) is 5.91. The van der Waals surface area contributed by atoms with E-state index in [0.717, 1.165) is 0 Å². The molecule has 0 saturated carbocycles. The minimum atomic E-state index is -1.41. The second-order valence-corrected chi connectivity index (χ2v) is 2.38. The molecule has 12 heteroatoms. The first-order valence-corrected chi connectivity index (χ1v) is 11.3. The molecule has 0 aliphatic carbocycles. The molecule has 0 atom stereocenters. The number of Topliss-reactive ketones (excluding diaryl/α,β-unsaturated/α-hetero) is 1. The van der Waals surface area contributed by atoms with Gasteiger partial charge in [0, 0.05) is 43.7 Å². The van der Waals surface area contributed by atoms with Crippen molar-refractivity contribution in [1.82, 2.24) is 0 Å². The van der Waals surface area contributed by atoms with Crippen molar-refractivity contribution in [1.29, 1.82) is 0 Å². The van der Waals surface area contributed by atoms with Crippen molar-refractivity contribution < 1.29 is 42.5 Å². The summed E-state index contributed by atoms with van der Waals surface area (Å²) in [5.74, 6) is -2.57. The van der Waals surface area contributed by atoms with Gasteiger partial charge in [-0.15, -0.1) is 24.0 Å². The fourth-order valence-corrected chi connectivity index (χ4v) is 0. The number of halogens is 7. The number of aliphatic carboxylic acids is 2. The van der Waals surface area contributed by atoms with E-state index in [4.69, 9.17) is 15.0 Å². The predicted octanol–water partition coefficient (Wildman–Crippen LogP) is 2.07. The molecule has 0 saturated heterocycles. The van der Waals surface area contributed by atoms with E-state index in [1.807, 2.05) is 0 Å². The third kappa shape index (κ3) is 223. The van der Waals surface area contributed by atoms with Gasteiger partial charge in [-0.2, -0.15) is 0 Å². The van der Waals surface area contributed by atoms with Crippen molar-refractivity contribution in [2.75, 3.05) is 20.0 Å². The molecular weight excluding hydrogens is 665 g/mol. The molecule has 0 amide bonds. The first-order chi connectivity index (χ1) is 9.22. The molecule has 0 aliphatic rings. The van der Waals surface area contributed by atoms with Crippen molar-refractivity contribution in [3.8, 4) is 0 Å². The second-order valence-electron chi connectivity index (χ2n) is 2.38. The van der Waals surface area contributed by atoms with Crippen LogP contribution in [0.4, 0.5) is 13.2 Å². The van der Waals surface area contributed by atoms with E-state index >= 15 is 0 Å². The molecule has 5 nitrogen and oxygen atoms in total. The summed E-state index contributed by atoms with van der Waals surface area (Å²) >= 11 is 4.24. The third-order valence-electron chi connectivity index (χ3n) is 0.605. The Labute approximate surface area is 174 Å². The zero-order valence-electron chi connectivity index (χ0n) is 12.1. The van der Waals surface area contributed by atoms with E-state index < -0.39 is 31.1 Å². The monoisotopic (exact) mass is 689 g/mol. The molecule has 0 aliphatic heterocycles. The smallest absolute Gasteiger partial charge is 0.335 e. The molecule has 2 N–H and O–H groups in total. The number of carbonyl (C=O) groups is 3. The number of rotatable bonds is 3. The zero-order chi connectivity index (χ0) is 17.6. The first-order valence-electron chi connectivity index (χ1n) is 4.98. The molecule has 0 unspecified atom stereocenters. The number of hydrogen-bond acceptors (Lipinski definition) is 3. The van der Waals surface area contributed by atoms with Gasteiger partial charge in [-0.25, -0.2) is 13.6 Å². The maximum Gasteiger partial charge on any atom is 0.335 e. The molecule has 0 bridgehead atoms. The summed E-state index contributed by atoms with van der Waals surface area (Å²) in [7, 11) is 0. The van der Waals surface area contributed by atoms with Crippen LogP contribution in [0.15, 0.2) is 0 Å². The summed E-state index contributed by atoms with van der Waals surface area (Å²) in [6.45, 7) is 1.91. The zero-order valence-corrected chi connectivity index (χ0v) is 18.8. The number of alkyl halides is 3. The fourth-order valence-electron chi connectivity index (χ4n) is 0. The lowest BCUT2D eigenvalue weighted by Crippen LogP contribution is -3.00. The number of carbonyl (C=O) groups excluding carboxylic acids is 1. The van der Waals surface area contributed by atoms with Crippen molar-refractivity contribution in [2.24, 2.45) is 0 Å². The van der Waals surface area contributed by atoms with Crippen LogP contribution in [0.25, 0.3) is 0 Å². The second kappa shape index (κ2) is 57.1. The number of carboxylic acids is 2. The average Bonchev–Trinajstić information content (AvgIpc) is 2.43. The van der Waals surface area contributed by atoms with Crippen LogP contribution in [0, 0.1) is 0 Å². The van der Waals surface area contributed by atoms with Gasteiger partial charge in [0.1, 0.15) is 6.67 Å². The summed E-state index contributed by atoms with van der Waals surface area (Å²) in [4.78, 5) is 27.8. The maximum absolute atomic E-state index is 10.8. The van der Waals surface area contributed by atoms with Gasteiger partial charge in [0.2, 0.25) is 0 Å². The Morgan fingerprint density at radius 1 is 0.913 bits per heavy atom. The van der Waals surface area contributed by atoms with Gasteiger partial charge in [0.25, 0.3) is 0 Å². The molecule has 0 aromatic carbocycles. The number of hydrogen-bond donors (Lipinski definition) is 2. The maximum atomic E-state index is 10.8. The quantitative estimate of drug-likeness (QED) is 0.350. The minimum Gasteiger partial charge on any atom is -1.00 e. The van der Waals surface area contributed by atoms with Gasteiger partial charge >= 0.3 is 11.9 Å². The lowest BCUT2D eigenvalue weighted by molar-refractivity contribution is -0.138. The van der Waals surface area contributed by atoms with Crippen molar-refractivity contribution >= 4 is 78.9 Å². The van der Waals surface area contributed by atoms with Crippen LogP contribution in [0.3, 0.4) is 0 Å². The van der Waals surface area contributed by atoms with E-state index in [1.165, 1.54) is 13.8 Å². The Kier molecular flexibility index (Phi) is 123. The molecule has 0 spiro atoms. The summed E-state index contributed by atoms with van der Waals surface area (Å²) in [5, 5.41) is 15.1. The van der Waals surface area contributed by atoms with Crippen LogP contribution in [0.5, 0.6) is 0 Å². The summed E-state index contributed by atoms with van der Waals surface area (Å²) < 4.78 is 31.6.